The van der Waals surface area contributed by atoms with Crippen molar-refractivity contribution < 1.29 is 4.74 Å². The third-order valence-electron chi connectivity index (χ3n) is 3.33. The minimum absolute atomic E-state index is 0.754. The number of aromatic nitrogens is 1. The highest BCUT2D eigenvalue weighted by atomic mass is 79.9. The van der Waals surface area contributed by atoms with E-state index in [0.29, 0.717) is 0 Å². The minimum atomic E-state index is 0.754. The van der Waals surface area contributed by atoms with Crippen LogP contribution in [0.4, 0.5) is 0 Å². The van der Waals surface area contributed by atoms with E-state index in [1.807, 2.05) is 30.3 Å². The molecule has 3 aromatic rings. The van der Waals surface area contributed by atoms with Crippen LogP contribution in [-0.4, -0.2) is 16.9 Å². The average Bonchev–Trinajstić information content (AvgIpc) is 2.95. The molecular weight excluding hydrogens is 372 g/mol. The van der Waals surface area contributed by atoms with E-state index in [1.54, 1.807) is 23.7 Å². The minimum Gasteiger partial charge on any atom is -0.455 e. The second-order valence-electron chi connectivity index (χ2n) is 5.28. The molecule has 0 aliphatic rings. The van der Waals surface area contributed by atoms with Gasteiger partial charge in [0.05, 0.1) is 9.98 Å². The summed E-state index contributed by atoms with van der Waals surface area (Å²) in [6.45, 7) is 1.74. The van der Waals surface area contributed by atoms with Gasteiger partial charge in [0.15, 0.2) is 0 Å². The Kier molecular flexibility index (Phi) is 5.43. The van der Waals surface area contributed by atoms with E-state index in [4.69, 9.17) is 4.74 Å². The van der Waals surface area contributed by atoms with Gasteiger partial charge in [-0.15, -0.1) is 11.3 Å². The van der Waals surface area contributed by atoms with Crippen molar-refractivity contribution in [3.63, 3.8) is 0 Å². The lowest BCUT2D eigenvalue weighted by Crippen LogP contribution is -2.16. The van der Waals surface area contributed by atoms with Gasteiger partial charge in [-0.3, -0.25) is 9.88 Å². The lowest BCUT2D eigenvalue weighted by molar-refractivity contribution is 0.316. The molecule has 0 atom stereocenters. The quantitative estimate of drug-likeness (QED) is 0.570. The maximum Gasteiger partial charge on any atom is 0.145 e. The molecule has 5 heteroatoms. The highest BCUT2D eigenvalue weighted by Crippen LogP contribution is 2.27. The van der Waals surface area contributed by atoms with Gasteiger partial charge in [0.2, 0.25) is 0 Å². The third-order valence-corrected chi connectivity index (χ3v) is 4.94. The number of benzene rings is 1. The zero-order valence-electron chi connectivity index (χ0n) is 12.8. The summed E-state index contributed by atoms with van der Waals surface area (Å²) in [5.74, 6) is 1.63. The molecule has 1 aromatic carbocycles. The second-order valence-corrected chi connectivity index (χ2v) is 7.82. The maximum atomic E-state index is 5.97. The Morgan fingerprint density at radius 1 is 1.09 bits per heavy atom. The van der Waals surface area contributed by atoms with Crippen LogP contribution in [0, 0.1) is 0 Å². The highest BCUT2D eigenvalue weighted by Gasteiger charge is 2.09. The van der Waals surface area contributed by atoms with Gasteiger partial charge in [0.25, 0.3) is 0 Å². The molecule has 0 bridgehead atoms. The van der Waals surface area contributed by atoms with Gasteiger partial charge in [0, 0.05) is 29.7 Å². The molecule has 23 heavy (non-hydrogen) atoms. The molecule has 0 N–H and O–H groups in total. The van der Waals surface area contributed by atoms with Crippen molar-refractivity contribution in [2.24, 2.45) is 0 Å². The van der Waals surface area contributed by atoms with Crippen molar-refractivity contribution in [3.8, 4) is 11.5 Å². The van der Waals surface area contributed by atoms with E-state index in [2.05, 4.69) is 51.1 Å². The number of rotatable bonds is 6. The number of nitrogens with zero attached hydrogens (tertiary/aromatic N) is 2. The van der Waals surface area contributed by atoms with Crippen molar-refractivity contribution in [2.45, 2.75) is 13.1 Å². The van der Waals surface area contributed by atoms with Gasteiger partial charge in [-0.2, -0.15) is 0 Å². The van der Waals surface area contributed by atoms with Crippen LogP contribution in [0.5, 0.6) is 11.5 Å². The number of hydrogen-bond acceptors (Lipinski definition) is 4. The Bertz CT molecular complexity index is 760. The van der Waals surface area contributed by atoms with E-state index in [9.17, 15) is 0 Å². The Morgan fingerprint density at radius 2 is 1.96 bits per heavy atom. The summed E-state index contributed by atoms with van der Waals surface area (Å²) in [6.07, 6.45) is 3.47. The number of halogens is 1. The lowest BCUT2D eigenvalue weighted by atomic mass is 10.2. The van der Waals surface area contributed by atoms with E-state index < -0.39 is 0 Å². The van der Waals surface area contributed by atoms with Crippen LogP contribution in [0.25, 0.3) is 0 Å². The highest BCUT2D eigenvalue weighted by molar-refractivity contribution is 9.11. The van der Waals surface area contributed by atoms with Crippen LogP contribution in [0.3, 0.4) is 0 Å². The zero-order chi connectivity index (χ0) is 16.1. The Hall–Kier alpha value is -1.69. The number of pyridine rings is 1. The predicted octanol–water partition coefficient (Wildman–Crippen LogP) is 5.33. The van der Waals surface area contributed by atoms with Crippen molar-refractivity contribution in [2.75, 3.05) is 7.05 Å². The van der Waals surface area contributed by atoms with Gasteiger partial charge in [-0.05, 0) is 53.3 Å². The predicted molar refractivity (Wildman–Crippen MR) is 97.9 cm³/mol. The van der Waals surface area contributed by atoms with Crippen molar-refractivity contribution in [3.05, 3.63) is 75.2 Å². The van der Waals surface area contributed by atoms with E-state index >= 15 is 0 Å². The lowest BCUT2D eigenvalue weighted by Gasteiger charge is -2.18. The SMILES string of the molecule is CN(Cc1ccc(Br)s1)Cc1ccccc1Oc1cccnc1. The summed E-state index contributed by atoms with van der Waals surface area (Å²) in [5.41, 5.74) is 1.16. The van der Waals surface area contributed by atoms with Crippen molar-refractivity contribution in [1.29, 1.82) is 0 Å². The first-order valence-electron chi connectivity index (χ1n) is 7.29. The van der Waals surface area contributed by atoms with Crippen LogP contribution >= 0.6 is 27.3 Å². The van der Waals surface area contributed by atoms with Crippen LogP contribution < -0.4 is 4.74 Å². The Morgan fingerprint density at radius 3 is 2.70 bits per heavy atom. The molecule has 3 rings (SSSR count). The summed E-state index contributed by atoms with van der Waals surface area (Å²) in [4.78, 5) is 7.71. The molecule has 2 heterocycles. The molecule has 0 aliphatic heterocycles. The Labute approximate surface area is 148 Å². The molecular formula is C18H17BrN2OS. The maximum absolute atomic E-state index is 5.97. The van der Waals surface area contributed by atoms with E-state index in [-0.39, 0.29) is 0 Å². The fourth-order valence-corrected chi connectivity index (χ4v) is 3.88. The van der Waals surface area contributed by atoms with Crippen LogP contribution in [0.1, 0.15) is 10.4 Å². The van der Waals surface area contributed by atoms with Gasteiger partial charge < -0.3 is 4.74 Å². The normalized spacial score (nSPS) is 10.9. The van der Waals surface area contributed by atoms with Crippen molar-refractivity contribution >= 4 is 27.3 Å². The average molecular weight is 389 g/mol. The standard InChI is InChI=1S/C18H17BrN2OS/c1-21(13-16-8-9-18(19)23-16)12-14-5-2-3-7-17(14)22-15-6-4-10-20-11-15/h2-11H,12-13H2,1H3. The molecule has 0 spiro atoms. The van der Waals surface area contributed by atoms with Crippen LogP contribution in [-0.2, 0) is 13.1 Å². The van der Waals surface area contributed by atoms with Gasteiger partial charge in [0.1, 0.15) is 11.5 Å². The molecule has 0 radical (unpaired) electrons. The molecule has 0 fully saturated rings. The second kappa shape index (κ2) is 7.73. The summed E-state index contributed by atoms with van der Waals surface area (Å²) >= 11 is 5.28. The van der Waals surface area contributed by atoms with E-state index in [0.717, 1.165) is 30.2 Å². The number of hydrogen-bond donors (Lipinski definition) is 0. The van der Waals surface area contributed by atoms with E-state index in [1.165, 1.54) is 8.66 Å². The third kappa shape index (κ3) is 4.64. The summed E-state index contributed by atoms with van der Waals surface area (Å²) in [6, 6.07) is 16.2. The molecule has 2 aromatic heterocycles. The first kappa shape index (κ1) is 16.2. The number of para-hydroxylation sites is 1. The monoisotopic (exact) mass is 388 g/mol. The fraction of sp³-hybridized carbons (Fsp3) is 0.167. The van der Waals surface area contributed by atoms with Gasteiger partial charge in [-0.25, -0.2) is 0 Å². The first-order valence-corrected chi connectivity index (χ1v) is 8.90. The summed E-state index contributed by atoms with van der Waals surface area (Å²) in [5, 5.41) is 0. The summed E-state index contributed by atoms with van der Waals surface area (Å²) in [7, 11) is 2.12. The molecule has 0 saturated heterocycles. The molecule has 0 aliphatic carbocycles. The topological polar surface area (TPSA) is 25.4 Å². The Balaban J connectivity index is 1.70. The first-order chi connectivity index (χ1) is 11.2. The molecule has 0 amide bonds. The van der Waals surface area contributed by atoms with Crippen LogP contribution in [0.2, 0.25) is 0 Å². The zero-order valence-corrected chi connectivity index (χ0v) is 15.2. The number of thiophene rings is 1. The van der Waals surface area contributed by atoms with Gasteiger partial charge in [-0.1, -0.05) is 18.2 Å². The molecule has 3 nitrogen and oxygen atoms in total. The molecule has 118 valence electrons. The van der Waals surface area contributed by atoms with Crippen LogP contribution in [0.15, 0.2) is 64.7 Å². The van der Waals surface area contributed by atoms with Gasteiger partial charge >= 0.3 is 0 Å². The van der Waals surface area contributed by atoms with Crippen molar-refractivity contribution in [1.82, 2.24) is 9.88 Å². The molecule has 0 unspecified atom stereocenters. The fourth-order valence-electron chi connectivity index (χ4n) is 2.32. The smallest absolute Gasteiger partial charge is 0.145 e. The number of ether oxygens (including phenoxy) is 1. The molecule has 0 saturated carbocycles. The summed E-state index contributed by atoms with van der Waals surface area (Å²) < 4.78 is 7.14. The largest absolute Gasteiger partial charge is 0.455 e.